The molecule has 2 heterocycles. The summed E-state index contributed by atoms with van der Waals surface area (Å²) in [5.74, 6) is -1.93. The van der Waals surface area contributed by atoms with Gasteiger partial charge in [0.25, 0.3) is 0 Å². The van der Waals surface area contributed by atoms with Crippen molar-refractivity contribution in [2.45, 2.75) is 13.3 Å². The lowest BCUT2D eigenvalue weighted by Crippen LogP contribution is -2.29. The van der Waals surface area contributed by atoms with E-state index in [2.05, 4.69) is 10.2 Å². The molecule has 1 saturated heterocycles. The van der Waals surface area contributed by atoms with Gasteiger partial charge in [0.2, 0.25) is 11.8 Å². The number of amides is 2. The van der Waals surface area contributed by atoms with Gasteiger partial charge in [-0.1, -0.05) is 0 Å². The number of primary amides is 1. The minimum atomic E-state index is -0.592. The number of aromatic nitrogens is 2. The van der Waals surface area contributed by atoms with Crippen molar-refractivity contribution in [2.24, 2.45) is 11.7 Å². The predicted octanol–water partition coefficient (Wildman–Crippen LogP) is -0.575. The molecule has 3 N–H and O–H groups in total. The van der Waals surface area contributed by atoms with E-state index in [1.165, 1.54) is 11.1 Å². The molecule has 0 spiro atoms. The maximum atomic E-state index is 11.8. The molecule has 1 atom stereocenters. The van der Waals surface area contributed by atoms with Crippen molar-refractivity contribution in [3.8, 4) is 0 Å². The van der Waals surface area contributed by atoms with Crippen LogP contribution in [0.25, 0.3) is 0 Å². The van der Waals surface area contributed by atoms with Crippen molar-refractivity contribution >= 4 is 23.5 Å². The van der Waals surface area contributed by atoms with Crippen LogP contribution in [0, 0.1) is 5.92 Å². The zero-order chi connectivity index (χ0) is 14.0. The number of nitrogens with zero attached hydrogens (tertiary/aromatic N) is 2. The fraction of sp³-hybridized carbons (Fsp3) is 0.455. The molecule has 19 heavy (non-hydrogen) atoms. The van der Waals surface area contributed by atoms with Crippen molar-refractivity contribution in [1.29, 1.82) is 0 Å². The monoisotopic (exact) mass is 266 g/mol. The third kappa shape index (κ3) is 2.42. The van der Waals surface area contributed by atoms with Crippen LogP contribution in [-0.2, 0) is 14.3 Å². The molecule has 102 valence electrons. The van der Waals surface area contributed by atoms with Crippen LogP contribution in [0.3, 0.4) is 0 Å². The van der Waals surface area contributed by atoms with E-state index in [1.54, 1.807) is 6.92 Å². The molecule has 0 bridgehead atoms. The zero-order valence-corrected chi connectivity index (χ0v) is 10.4. The highest BCUT2D eigenvalue weighted by molar-refractivity contribution is 6.04. The van der Waals surface area contributed by atoms with Crippen molar-refractivity contribution in [3.63, 3.8) is 0 Å². The Bertz CT molecular complexity index is 525. The summed E-state index contributed by atoms with van der Waals surface area (Å²) in [5, 5.41) is 6.24. The van der Waals surface area contributed by atoms with E-state index in [0.717, 1.165) is 0 Å². The Hall–Kier alpha value is -2.38. The minimum Gasteiger partial charge on any atom is -0.461 e. The summed E-state index contributed by atoms with van der Waals surface area (Å²) in [4.78, 5) is 36.0. The molecular weight excluding hydrogens is 252 g/mol. The van der Waals surface area contributed by atoms with Crippen LogP contribution in [0.2, 0.25) is 0 Å². The van der Waals surface area contributed by atoms with Gasteiger partial charge in [0.1, 0.15) is 0 Å². The fourth-order valence-electron chi connectivity index (χ4n) is 1.97. The van der Waals surface area contributed by atoms with Gasteiger partial charge in [-0.2, -0.15) is 5.10 Å². The maximum absolute atomic E-state index is 11.8. The smallest absolute Gasteiger partial charge is 0.358 e. The van der Waals surface area contributed by atoms with Gasteiger partial charge in [0.05, 0.1) is 24.4 Å². The lowest BCUT2D eigenvalue weighted by molar-refractivity contribution is -0.123. The van der Waals surface area contributed by atoms with Crippen molar-refractivity contribution in [3.05, 3.63) is 11.9 Å². The highest BCUT2D eigenvalue weighted by Gasteiger charge is 2.36. The van der Waals surface area contributed by atoms with Gasteiger partial charge >= 0.3 is 5.97 Å². The minimum absolute atomic E-state index is 0.0444. The molecule has 1 unspecified atom stereocenters. The number of hydrogen-bond acceptors (Lipinski definition) is 5. The molecule has 8 nitrogen and oxygen atoms in total. The van der Waals surface area contributed by atoms with Crippen LogP contribution in [-0.4, -0.2) is 41.1 Å². The summed E-state index contributed by atoms with van der Waals surface area (Å²) in [7, 11) is 0. The zero-order valence-electron chi connectivity index (χ0n) is 10.4. The molecule has 0 saturated carbocycles. The maximum Gasteiger partial charge on any atom is 0.358 e. The summed E-state index contributed by atoms with van der Waals surface area (Å²) in [6.45, 7) is 2.05. The topological polar surface area (TPSA) is 118 Å². The largest absolute Gasteiger partial charge is 0.461 e. The van der Waals surface area contributed by atoms with Gasteiger partial charge in [-0.15, -0.1) is 0 Å². The number of hydrogen-bond donors (Lipinski definition) is 2. The van der Waals surface area contributed by atoms with Gasteiger partial charge in [-0.25, -0.2) is 4.79 Å². The third-order valence-corrected chi connectivity index (χ3v) is 2.92. The Balaban J connectivity index is 2.24. The van der Waals surface area contributed by atoms with Gasteiger partial charge in [-0.3, -0.25) is 14.7 Å². The average Bonchev–Trinajstić information content (AvgIpc) is 2.94. The molecule has 0 aliphatic carbocycles. The van der Waals surface area contributed by atoms with Crippen molar-refractivity contribution in [2.75, 3.05) is 18.1 Å². The number of aromatic amines is 1. The lowest BCUT2D eigenvalue weighted by Gasteiger charge is -2.15. The number of carbonyl (C=O) groups excluding carboxylic acids is 3. The van der Waals surface area contributed by atoms with E-state index in [1.807, 2.05) is 0 Å². The van der Waals surface area contributed by atoms with E-state index in [4.69, 9.17) is 10.5 Å². The molecule has 2 rings (SSSR count). The third-order valence-electron chi connectivity index (χ3n) is 2.92. The molecule has 1 aliphatic rings. The second-order valence-electron chi connectivity index (χ2n) is 4.16. The SMILES string of the molecule is CCOC(=O)c1[nH]ncc1N1CC(C(N)=O)CC1=O. The number of rotatable bonds is 4. The van der Waals surface area contributed by atoms with Gasteiger partial charge in [0.15, 0.2) is 5.69 Å². The number of nitrogens with two attached hydrogens (primary N) is 1. The van der Waals surface area contributed by atoms with Crippen molar-refractivity contribution in [1.82, 2.24) is 10.2 Å². The van der Waals surface area contributed by atoms with E-state index in [0.29, 0.717) is 5.69 Å². The first-order chi connectivity index (χ1) is 9.04. The van der Waals surface area contributed by atoms with Gasteiger partial charge in [-0.05, 0) is 6.92 Å². The first-order valence-electron chi connectivity index (χ1n) is 5.84. The number of anilines is 1. The second-order valence-corrected chi connectivity index (χ2v) is 4.16. The van der Waals surface area contributed by atoms with Crippen LogP contribution in [0.4, 0.5) is 5.69 Å². The molecule has 0 radical (unpaired) electrons. The van der Waals surface area contributed by atoms with Crippen LogP contribution in [0.15, 0.2) is 6.20 Å². The molecule has 0 aromatic carbocycles. The summed E-state index contributed by atoms with van der Waals surface area (Å²) in [6.07, 6.45) is 1.40. The average molecular weight is 266 g/mol. The van der Waals surface area contributed by atoms with E-state index >= 15 is 0 Å². The first-order valence-corrected chi connectivity index (χ1v) is 5.84. The van der Waals surface area contributed by atoms with Crippen LogP contribution in [0.1, 0.15) is 23.8 Å². The highest BCUT2D eigenvalue weighted by atomic mass is 16.5. The Labute approximate surface area is 108 Å². The molecular formula is C11H14N4O4. The fourth-order valence-corrected chi connectivity index (χ4v) is 1.97. The van der Waals surface area contributed by atoms with Crippen LogP contribution in [0.5, 0.6) is 0 Å². The summed E-state index contributed by atoms with van der Waals surface area (Å²) >= 11 is 0. The van der Waals surface area contributed by atoms with Crippen LogP contribution < -0.4 is 10.6 Å². The first kappa shape index (κ1) is 13.1. The van der Waals surface area contributed by atoms with Crippen LogP contribution >= 0.6 is 0 Å². The Kier molecular flexibility index (Phi) is 3.50. The Morgan fingerprint density at radius 3 is 2.95 bits per heavy atom. The highest BCUT2D eigenvalue weighted by Crippen LogP contribution is 2.27. The molecule has 1 fully saturated rings. The number of H-pyrrole nitrogens is 1. The summed E-state index contributed by atoms with van der Waals surface area (Å²) in [6, 6.07) is 0. The summed E-state index contributed by atoms with van der Waals surface area (Å²) < 4.78 is 4.86. The number of ether oxygens (including phenoxy) is 1. The second kappa shape index (κ2) is 5.09. The van der Waals surface area contributed by atoms with E-state index in [9.17, 15) is 14.4 Å². The van der Waals surface area contributed by atoms with Gasteiger partial charge < -0.3 is 15.4 Å². The van der Waals surface area contributed by atoms with Crippen molar-refractivity contribution < 1.29 is 19.1 Å². The molecule has 1 aromatic heterocycles. The van der Waals surface area contributed by atoms with Gasteiger partial charge in [0, 0.05) is 13.0 Å². The van der Waals surface area contributed by atoms with E-state index in [-0.39, 0.29) is 31.2 Å². The summed E-state index contributed by atoms with van der Waals surface area (Å²) in [5.41, 5.74) is 5.60. The molecule has 1 aliphatic heterocycles. The molecule has 2 amide bonds. The quantitative estimate of drug-likeness (QED) is 0.707. The standard InChI is InChI=1S/C11H14N4O4/c1-2-19-11(18)9-7(4-13-14-9)15-5-6(10(12)17)3-8(15)16/h4,6H,2-3,5H2,1H3,(H2,12,17)(H,13,14). The number of carbonyl (C=O) groups is 3. The Morgan fingerprint density at radius 2 is 2.37 bits per heavy atom. The molecule has 8 heteroatoms. The lowest BCUT2D eigenvalue weighted by atomic mass is 10.1. The number of nitrogens with one attached hydrogen (secondary N) is 1. The number of esters is 1. The molecule has 1 aromatic rings. The predicted molar refractivity (Wildman–Crippen MR) is 64.2 cm³/mol. The normalized spacial score (nSPS) is 18.7. The Morgan fingerprint density at radius 1 is 1.63 bits per heavy atom. The van der Waals surface area contributed by atoms with E-state index < -0.39 is 17.8 Å².